The van der Waals surface area contributed by atoms with Crippen molar-refractivity contribution in [3.8, 4) is 0 Å². The van der Waals surface area contributed by atoms with E-state index >= 15 is 0 Å². The average molecular weight is 792 g/mol. The number of rotatable bonds is 18. The number of nitrogens with zero attached hydrogens (tertiary/aromatic N) is 1. The number of carboxylic acids is 1. The number of ether oxygens (including phenoxy) is 3. The molecule has 3 N–H and O–H groups in total. The number of aliphatic carboxylic acids is 1. The summed E-state index contributed by atoms with van der Waals surface area (Å²) in [5.74, 6) is -5.29. The first-order chi connectivity index (χ1) is 26.3. The van der Waals surface area contributed by atoms with E-state index in [0.29, 0.717) is 37.5 Å². The topological polar surface area (TPSA) is 177 Å². The van der Waals surface area contributed by atoms with Gasteiger partial charge in [-0.15, -0.1) is 6.58 Å². The highest BCUT2D eigenvalue weighted by molar-refractivity contribution is 6.39. The smallest absolute Gasteiger partial charge is 0.326 e. The van der Waals surface area contributed by atoms with Crippen LogP contribution in [0.15, 0.2) is 23.8 Å². The summed E-state index contributed by atoms with van der Waals surface area (Å²) in [6.07, 6.45) is 10.8. The third kappa shape index (κ3) is 14.5. The van der Waals surface area contributed by atoms with Gasteiger partial charge in [-0.25, -0.2) is 4.79 Å². The van der Waals surface area contributed by atoms with Gasteiger partial charge in [0.25, 0.3) is 11.7 Å². The van der Waals surface area contributed by atoms with Crippen molar-refractivity contribution >= 4 is 29.4 Å². The number of Topliss-reactive ketones (excluding diaryl/α,β-unsaturated/α-hetero) is 2. The van der Waals surface area contributed by atoms with Crippen LogP contribution in [0.25, 0.3) is 0 Å². The molecule has 56 heavy (non-hydrogen) atoms. The molecule has 11 atom stereocenters. The molecule has 1 saturated carbocycles. The third-order valence-corrected chi connectivity index (χ3v) is 12.2. The molecule has 0 radical (unpaired) electrons. The number of piperidine rings is 1. The molecule has 0 aromatic heterocycles. The number of carbonyl (C=O) groups is 5. The Kier molecular flexibility index (Phi) is 20.6. The van der Waals surface area contributed by atoms with Gasteiger partial charge < -0.3 is 34.4 Å². The zero-order valence-electron chi connectivity index (χ0n) is 35.7. The summed E-state index contributed by atoms with van der Waals surface area (Å²) in [4.78, 5) is 62.4. The van der Waals surface area contributed by atoms with Crippen LogP contribution in [-0.4, -0.2) is 101 Å². The van der Waals surface area contributed by atoms with E-state index in [2.05, 4.69) is 26.5 Å². The van der Waals surface area contributed by atoms with E-state index < -0.39 is 47.6 Å². The van der Waals surface area contributed by atoms with Gasteiger partial charge in [0.2, 0.25) is 5.79 Å². The molecule has 320 valence electrons. The maximum absolute atomic E-state index is 13.1. The fraction of sp³-hybridized carbons (Fsp3) is 0.795. The van der Waals surface area contributed by atoms with Gasteiger partial charge in [0.1, 0.15) is 11.8 Å². The van der Waals surface area contributed by atoms with Crippen molar-refractivity contribution in [1.29, 1.82) is 0 Å². The second kappa shape index (κ2) is 23.5. The summed E-state index contributed by atoms with van der Waals surface area (Å²) in [5, 5.41) is 31.0. The molecule has 0 spiro atoms. The molecule has 3 fully saturated rings. The zero-order valence-corrected chi connectivity index (χ0v) is 35.7. The number of likely N-dealkylation sites (tertiary alicyclic amines) is 1. The van der Waals surface area contributed by atoms with Crippen LogP contribution in [-0.2, 0) is 38.2 Å². The summed E-state index contributed by atoms with van der Waals surface area (Å²) < 4.78 is 16.3. The number of hydrogen-bond donors (Lipinski definition) is 3. The van der Waals surface area contributed by atoms with Gasteiger partial charge >= 0.3 is 11.9 Å². The quantitative estimate of drug-likeness (QED) is 0.0753. The lowest BCUT2D eigenvalue weighted by Crippen LogP contribution is -2.62. The standard InChI is InChI=1S/C23H37NO7.C21H36O4/c1-14(2)12-15(3)9-10-18-19(30-5)13-16(4)23(29,31-18)20(25)21(26)24-11-7-6-8-17(24)22(27)28;1-6-15(3)19(22)13-20(23)16(4)10-14(2)11-17-8-7-9-18(12-17)21(24)25-5/h15-19,29H,1,6-13H2,2-5H3,(H,27,28);11,15-18,20,23H,6-10,12-13H2,1-5H3/b;14-11+/t15-,16-,17+,18-,19+,23-;15-,16-,17-,18?,20-/m10/s1. The molecule has 0 aromatic carbocycles. The molecule has 2 aliphatic heterocycles. The number of aliphatic hydroxyl groups excluding tert-OH is 1. The molecule has 0 bridgehead atoms. The van der Waals surface area contributed by atoms with Crippen molar-refractivity contribution in [2.24, 2.45) is 35.5 Å². The van der Waals surface area contributed by atoms with Crippen LogP contribution >= 0.6 is 0 Å². The Morgan fingerprint density at radius 3 is 2.25 bits per heavy atom. The Labute approximate surface area is 335 Å². The Morgan fingerprint density at radius 1 is 0.982 bits per heavy atom. The summed E-state index contributed by atoms with van der Waals surface area (Å²) in [6, 6.07) is -1.06. The number of methoxy groups -OCH3 is 2. The zero-order chi connectivity index (χ0) is 42.3. The van der Waals surface area contributed by atoms with Crippen LogP contribution in [0.2, 0.25) is 0 Å². The predicted octanol–water partition coefficient (Wildman–Crippen LogP) is 6.84. The molecule has 12 heteroatoms. The lowest BCUT2D eigenvalue weighted by molar-refractivity contribution is -0.287. The fourth-order valence-corrected chi connectivity index (χ4v) is 8.42. The van der Waals surface area contributed by atoms with Crippen molar-refractivity contribution in [1.82, 2.24) is 4.90 Å². The average Bonchev–Trinajstić information content (AvgIpc) is 3.16. The first-order valence-electron chi connectivity index (χ1n) is 20.9. The van der Waals surface area contributed by atoms with Crippen LogP contribution in [0.1, 0.15) is 138 Å². The van der Waals surface area contributed by atoms with Gasteiger partial charge in [0, 0.05) is 31.9 Å². The molecular formula is C44H73NO11. The van der Waals surface area contributed by atoms with E-state index in [4.69, 9.17) is 14.2 Å². The van der Waals surface area contributed by atoms with Crippen LogP contribution in [0.5, 0.6) is 0 Å². The SMILES string of the molecule is C=C(C)C[C@H](C)CC[C@H]1O[C@@](O)(C(=O)C(=O)N2CCCC[C@H]2C(=O)O)[C@H](C)C[C@@H]1OC.CC[C@H](C)C(=O)C[C@H](O)[C@@H](C)C/C(C)=C/[C@@H]1CCCC(C(=O)OC)C1. The normalized spacial score (nSPS) is 29.1. The van der Waals surface area contributed by atoms with Crippen LogP contribution in [0.3, 0.4) is 0 Å². The molecule has 0 aromatic rings. The Balaban J connectivity index is 0.000000396. The first-order valence-corrected chi connectivity index (χ1v) is 20.9. The van der Waals surface area contributed by atoms with Gasteiger partial charge in [-0.3, -0.25) is 19.2 Å². The van der Waals surface area contributed by atoms with Gasteiger partial charge in [0.05, 0.1) is 31.3 Å². The van der Waals surface area contributed by atoms with Crippen LogP contribution in [0.4, 0.5) is 0 Å². The summed E-state index contributed by atoms with van der Waals surface area (Å²) >= 11 is 0. The van der Waals surface area contributed by atoms with E-state index in [-0.39, 0.29) is 55.0 Å². The molecule has 3 aliphatic rings. The molecule has 1 amide bonds. The monoisotopic (exact) mass is 792 g/mol. The van der Waals surface area contributed by atoms with Crippen LogP contribution in [0, 0.1) is 35.5 Å². The Bertz CT molecular complexity index is 1360. The lowest BCUT2D eigenvalue weighted by Gasteiger charge is -2.45. The maximum atomic E-state index is 13.1. The minimum absolute atomic E-state index is 0.0176. The number of allylic oxidation sites excluding steroid dienone is 3. The minimum Gasteiger partial charge on any atom is -0.480 e. The number of aliphatic hydroxyl groups is 2. The molecule has 1 aliphatic carbocycles. The van der Waals surface area contributed by atoms with E-state index in [1.807, 2.05) is 27.7 Å². The third-order valence-electron chi connectivity index (χ3n) is 12.2. The Hall–Kier alpha value is -2.93. The molecule has 12 nitrogen and oxygen atoms in total. The van der Waals surface area contributed by atoms with Crippen molar-refractivity contribution in [3.63, 3.8) is 0 Å². The molecular weight excluding hydrogens is 718 g/mol. The largest absolute Gasteiger partial charge is 0.480 e. The highest BCUT2D eigenvalue weighted by Gasteiger charge is 2.54. The summed E-state index contributed by atoms with van der Waals surface area (Å²) in [5.41, 5.74) is 2.32. The summed E-state index contributed by atoms with van der Waals surface area (Å²) in [7, 11) is 3.02. The van der Waals surface area contributed by atoms with Gasteiger partial charge in [0.15, 0.2) is 0 Å². The van der Waals surface area contributed by atoms with E-state index in [9.17, 15) is 39.3 Å². The lowest BCUT2D eigenvalue weighted by atomic mass is 9.80. The molecule has 3 rings (SSSR count). The van der Waals surface area contributed by atoms with Crippen molar-refractivity contribution in [3.05, 3.63) is 23.8 Å². The highest BCUT2D eigenvalue weighted by atomic mass is 16.7. The van der Waals surface area contributed by atoms with Crippen LogP contribution < -0.4 is 0 Å². The molecule has 2 heterocycles. The van der Waals surface area contributed by atoms with E-state index in [1.54, 1.807) is 14.0 Å². The molecule has 2 saturated heterocycles. The first kappa shape index (κ1) is 49.2. The molecule has 1 unspecified atom stereocenters. The minimum atomic E-state index is -2.30. The number of carbonyl (C=O) groups excluding carboxylic acids is 4. The van der Waals surface area contributed by atoms with E-state index in [0.717, 1.165) is 61.8 Å². The maximum Gasteiger partial charge on any atom is 0.326 e. The van der Waals surface area contributed by atoms with E-state index in [1.165, 1.54) is 12.7 Å². The summed E-state index contributed by atoms with van der Waals surface area (Å²) in [6.45, 7) is 17.8. The number of amides is 1. The number of esters is 1. The van der Waals surface area contributed by atoms with Gasteiger partial charge in [-0.05, 0) is 109 Å². The van der Waals surface area contributed by atoms with Crippen molar-refractivity contribution in [2.45, 2.75) is 168 Å². The second-order valence-corrected chi connectivity index (χ2v) is 17.2. The second-order valence-electron chi connectivity index (χ2n) is 17.2. The van der Waals surface area contributed by atoms with Crippen molar-refractivity contribution < 1.29 is 53.5 Å². The van der Waals surface area contributed by atoms with Crippen molar-refractivity contribution in [2.75, 3.05) is 20.8 Å². The van der Waals surface area contributed by atoms with Gasteiger partial charge in [-0.1, -0.05) is 58.3 Å². The fourth-order valence-electron chi connectivity index (χ4n) is 8.42. The number of carboxylic acid groups (broad SMARTS) is 1. The highest BCUT2D eigenvalue weighted by Crippen LogP contribution is 2.38. The number of ketones is 2. The predicted molar refractivity (Wildman–Crippen MR) is 214 cm³/mol. The number of hydrogen-bond acceptors (Lipinski definition) is 10. The Morgan fingerprint density at radius 2 is 1.66 bits per heavy atom. The van der Waals surface area contributed by atoms with Gasteiger partial charge in [-0.2, -0.15) is 0 Å².